The molecule has 0 aliphatic carbocycles. The maximum absolute atomic E-state index is 12.6. The van der Waals surface area contributed by atoms with Gasteiger partial charge in [0.15, 0.2) is 0 Å². The van der Waals surface area contributed by atoms with Crippen LogP contribution in [0.3, 0.4) is 0 Å². The maximum atomic E-state index is 12.6. The highest BCUT2D eigenvalue weighted by molar-refractivity contribution is 5.93. The number of nitrogens with zero attached hydrogens (tertiary/aromatic N) is 2. The quantitative estimate of drug-likeness (QED) is 0.823. The summed E-state index contributed by atoms with van der Waals surface area (Å²) in [4.78, 5) is 28.4. The molecular weight excluding hydrogens is 356 g/mol. The van der Waals surface area contributed by atoms with Crippen molar-refractivity contribution < 1.29 is 14.3 Å². The van der Waals surface area contributed by atoms with E-state index in [0.717, 1.165) is 37.3 Å². The van der Waals surface area contributed by atoms with E-state index in [0.29, 0.717) is 19.7 Å². The van der Waals surface area contributed by atoms with Gasteiger partial charge in [0.1, 0.15) is 0 Å². The van der Waals surface area contributed by atoms with Gasteiger partial charge in [0.25, 0.3) is 0 Å². The molecule has 0 radical (unpaired) electrons. The number of ether oxygens (including phenoxy) is 1. The molecule has 0 unspecified atom stereocenters. The van der Waals surface area contributed by atoms with Gasteiger partial charge in [0, 0.05) is 32.2 Å². The number of piperidine rings is 1. The molecule has 2 aliphatic rings. The highest BCUT2D eigenvalue weighted by Gasteiger charge is 2.25. The minimum absolute atomic E-state index is 0.0658. The fraction of sp³-hybridized carbons (Fsp3) is 0.619. The van der Waals surface area contributed by atoms with Gasteiger partial charge in [0.2, 0.25) is 0 Å². The average molecular weight is 389 g/mol. The zero-order valence-electron chi connectivity index (χ0n) is 16.8. The fourth-order valence-electron chi connectivity index (χ4n) is 3.93. The molecule has 3 amide bonds. The number of nitrogens with one attached hydrogen (secondary N) is 2. The molecule has 2 heterocycles. The van der Waals surface area contributed by atoms with Gasteiger partial charge < -0.3 is 25.2 Å². The normalized spacial score (nSPS) is 18.3. The van der Waals surface area contributed by atoms with E-state index in [4.69, 9.17) is 4.74 Å². The van der Waals surface area contributed by atoms with Crippen LogP contribution < -0.4 is 15.5 Å². The molecule has 154 valence electrons. The zero-order valence-corrected chi connectivity index (χ0v) is 16.8. The van der Waals surface area contributed by atoms with Gasteiger partial charge in [0.05, 0.1) is 18.0 Å². The third-order valence-corrected chi connectivity index (χ3v) is 5.46. The summed E-state index contributed by atoms with van der Waals surface area (Å²) >= 11 is 0. The number of hydrogen-bond donors (Lipinski definition) is 2. The van der Waals surface area contributed by atoms with E-state index < -0.39 is 0 Å². The van der Waals surface area contributed by atoms with Crippen molar-refractivity contribution in [2.24, 2.45) is 0 Å². The van der Waals surface area contributed by atoms with E-state index in [1.54, 1.807) is 11.8 Å². The first kappa shape index (κ1) is 20.3. The SMILES string of the molecule is CCOC(=O)N1CCC(NC(=O)Nc2ccccc2N2CCCCCC2)CC1. The lowest BCUT2D eigenvalue weighted by molar-refractivity contribution is 0.0959. The highest BCUT2D eigenvalue weighted by atomic mass is 16.6. The van der Waals surface area contributed by atoms with E-state index in [-0.39, 0.29) is 18.2 Å². The molecule has 0 bridgehead atoms. The Morgan fingerprint density at radius 2 is 1.71 bits per heavy atom. The van der Waals surface area contributed by atoms with Crippen LogP contribution in [0.15, 0.2) is 24.3 Å². The zero-order chi connectivity index (χ0) is 19.8. The van der Waals surface area contributed by atoms with Gasteiger partial charge in [-0.1, -0.05) is 25.0 Å². The predicted octanol–water partition coefficient (Wildman–Crippen LogP) is 3.81. The summed E-state index contributed by atoms with van der Waals surface area (Å²) in [6.45, 7) is 5.47. The van der Waals surface area contributed by atoms with Crippen LogP contribution in [-0.2, 0) is 4.74 Å². The topological polar surface area (TPSA) is 73.9 Å². The van der Waals surface area contributed by atoms with Crippen molar-refractivity contribution >= 4 is 23.5 Å². The van der Waals surface area contributed by atoms with Gasteiger partial charge in [-0.15, -0.1) is 0 Å². The Hall–Kier alpha value is -2.44. The molecule has 2 aliphatic heterocycles. The molecule has 0 saturated carbocycles. The summed E-state index contributed by atoms with van der Waals surface area (Å²) < 4.78 is 5.04. The smallest absolute Gasteiger partial charge is 0.409 e. The number of rotatable bonds is 4. The van der Waals surface area contributed by atoms with E-state index in [1.165, 1.54) is 25.7 Å². The average Bonchev–Trinajstić information content (AvgIpc) is 2.98. The molecule has 0 spiro atoms. The lowest BCUT2D eigenvalue weighted by Crippen LogP contribution is -2.47. The number of urea groups is 1. The first-order chi connectivity index (χ1) is 13.7. The van der Waals surface area contributed by atoms with Crippen molar-refractivity contribution in [2.75, 3.05) is 43.0 Å². The van der Waals surface area contributed by atoms with Crippen molar-refractivity contribution in [3.63, 3.8) is 0 Å². The number of hydrogen-bond acceptors (Lipinski definition) is 4. The Morgan fingerprint density at radius 3 is 2.39 bits per heavy atom. The molecule has 28 heavy (non-hydrogen) atoms. The Balaban J connectivity index is 1.52. The van der Waals surface area contributed by atoms with Crippen LogP contribution >= 0.6 is 0 Å². The summed E-state index contributed by atoms with van der Waals surface area (Å²) in [5.41, 5.74) is 1.95. The number of carbonyl (C=O) groups excluding carboxylic acids is 2. The van der Waals surface area contributed by atoms with Gasteiger partial charge in [-0.25, -0.2) is 9.59 Å². The second kappa shape index (κ2) is 10.2. The largest absolute Gasteiger partial charge is 0.450 e. The number of benzene rings is 1. The molecule has 1 aromatic rings. The Morgan fingerprint density at radius 1 is 1.04 bits per heavy atom. The number of amides is 3. The molecule has 2 fully saturated rings. The minimum Gasteiger partial charge on any atom is -0.450 e. The molecule has 3 rings (SSSR count). The lowest BCUT2D eigenvalue weighted by atomic mass is 10.1. The molecule has 7 heteroatoms. The monoisotopic (exact) mass is 388 g/mol. The third-order valence-electron chi connectivity index (χ3n) is 5.46. The summed E-state index contributed by atoms with van der Waals surface area (Å²) in [5.74, 6) is 0. The maximum Gasteiger partial charge on any atom is 0.409 e. The number of anilines is 2. The second-order valence-corrected chi connectivity index (χ2v) is 7.48. The molecule has 7 nitrogen and oxygen atoms in total. The minimum atomic E-state index is -0.267. The second-order valence-electron chi connectivity index (χ2n) is 7.48. The van der Waals surface area contributed by atoms with Crippen LogP contribution in [-0.4, -0.2) is 55.9 Å². The van der Waals surface area contributed by atoms with Gasteiger partial charge in [-0.05, 0) is 44.7 Å². The molecule has 2 N–H and O–H groups in total. The van der Waals surface area contributed by atoms with E-state index in [1.807, 2.05) is 18.2 Å². The summed E-state index contributed by atoms with van der Waals surface area (Å²) in [7, 11) is 0. The molecule has 2 saturated heterocycles. The summed E-state index contributed by atoms with van der Waals surface area (Å²) in [6.07, 6.45) is 6.14. The Labute approximate surface area is 167 Å². The third kappa shape index (κ3) is 5.53. The van der Waals surface area contributed by atoms with Crippen molar-refractivity contribution in [2.45, 2.75) is 51.5 Å². The Kier molecular flexibility index (Phi) is 7.39. The van der Waals surface area contributed by atoms with Gasteiger partial charge in [-0.2, -0.15) is 0 Å². The molecule has 0 aromatic heterocycles. The van der Waals surface area contributed by atoms with Crippen LogP contribution in [0, 0.1) is 0 Å². The van der Waals surface area contributed by atoms with Gasteiger partial charge in [-0.3, -0.25) is 0 Å². The highest BCUT2D eigenvalue weighted by Crippen LogP contribution is 2.28. The Bertz CT molecular complexity index is 651. The molecular formula is C21H32N4O3. The van der Waals surface area contributed by atoms with E-state index >= 15 is 0 Å². The van der Waals surface area contributed by atoms with Crippen LogP contribution in [0.2, 0.25) is 0 Å². The number of likely N-dealkylation sites (tertiary alicyclic amines) is 1. The van der Waals surface area contributed by atoms with Crippen molar-refractivity contribution in [3.05, 3.63) is 24.3 Å². The first-order valence-electron chi connectivity index (χ1n) is 10.5. The van der Waals surface area contributed by atoms with Crippen LogP contribution in [0.25, 0.3) is 0 Å². The fourth-order valence-corrected chi connectivity index (χ4v) is 3.93. The molecule has 0 atom stereocenters. The van der Waals surface area contributed by atoms with Crippen LogP contribution in [0.1, 0.15) is 45.4 Å². The predicted molar refractivity (Wildman–Crippen MR) is 111 cm³/mol. The van der Waals surface area contributed by atoms with E-state index in [2.05, 4.69) is 21.6 Å². The van der Waals surface area contributed by atoms with Crippen LogP contribution in [0.4, 0.5) is 21.0 Å². The standard InChI is InChI=1S/C21H32N4O3/c1-2-28-21(27)25-15-11-17(12-16-25)22-20(26)23-18-9-5-6-10-19(18)24-13-7-3-4-8-14-24/h5-6,9-10,17H,2-4,7-8,11-16H2,1H3,(H2,22,23,26). The number of para-hydroxylation sites is 2. The van der Waals surface area contributed by atoms with Crippen molar-refractivity contribution in [3.8, 4) is 0 Å². The van der Waals surface area contributed by atoms with Gasteiger partial charge >= 0.3 is 12.1 Å². The summed E-state index contributed by atoms with van der Waals surface area (Å²) in [5, 5.41) is 6.09. The van der Waals surface area contributed by atoms with E-state index in [9.17, 15) is 9.59 Å². The van der Waals surface area contributed by atoms with Crippen LogP contribution in [0.5, 0.6) is 0 Å². The number of carbonyl (C=O) groups is 2. The molecule has 1 aromatic carbocycles. The van der Waals surface area contributed by atoms with Crippen molar-refractivity contribution in [1.82, 2.24) is 10.2 Å². The lowest BCUT2D eigenvalue weighted by Gasteiger charge is -2.31. The first-order valence-corrected chi connectivity index (χ1v) is 10.5. The van der Waals surface area contributed by atoms with Crippen molar-refractivity contribution in [1.29, 1.82) is 0 Å². The summed E-state index contributed by atoms with van der Waals surface area (Å²) in [6, 6.07) is 7.90.